The van der Waals surface area contributed by atoms with E-state index in [1.165, 1.54) is 0 Å². The Labute approximate surface area is 245 Å². The van der Waals surface area contributed by atoms with Crippen LogP contribution >= 0.6 is 0 Å². The molecule has 3 aromatic rings. The van der Waals surface area contributed by atoms with Gasteiger partial charge in [0.05, 0.1) is 30.6 Å². The molecule has 0 spiro atoms. The SMILES string of the molecule is C[C@@H](CCOCCCOS(C)(=O)=O)n1cc(-c2nn(C3CCCCO3)c3ccc(O[Si](C)(C)C(C)(C)C)cc23)cn1. The summed E-state index contributed by atoms with van der Waals surface area (Å²) in [6.45, 7) is 15.2. The highest BCUT2D eigenvalue weighted by atomic mass is 32.2. The molecule has 4 rings (SSSR count). The number of nitrogens with zero attached hydrogens (tertiary/aromatic N) is 4. The molecule has 10 nitrogen and oxygen atoms in total. The Hall–Kier alpha value is -2.25. The first-order valence-electron chi connectivity index (χ1n) is 14.5. The third-order valence-electron chi connectivity index (χ3n) is 8.02. The van der Waals surface area contributed by atoms with E-state index < -0.39 is 18.4 Å². The average molecular weight is 607 g/mol. The summed E-state index contributed by atoms with van der Waals surface area (Å²) >= 11 is 0. The Kier molecular flexibility index (Phi) is 10.0. The molecule has 2 atom stereocenters. The van der Waals surface area contributed by atoms with Crippen LogP contribution in [0.3, 0.4) is 0 Å². The number of aromatic nitrogens is 4. The van der Waals surface area contributed by atoms with Gasteiger partial charge in [0.15, 0.2) is 6.23 Å². The molecule has 2 aromatic heterocycles. The molecule has 228 valence electrons. The summed E-state index contributed by atoms with van der Waals surface area (Å²) < 4.78 is 49.3. The summed E-state index contributed by atoms with van der Waals surface area (Å²) in [6.07, 6.45) is 9.31. The van der Waals surface area contributed by atoms with E-state index in [0.29, 0.717) is 19.6 Å². The zero-order chi connectivity index (χ0) is 29.8. The monoisotopic (exact) mass is 606 g/mol. The van der Waals surface area contributed by atoms with Crippen molar-refractivity contribution in [1.82, 2.24) is 19.6 Å². The van der Waals surface area contributed by atoms with Crippen LogP contribution in [0.5, 0.6) is 5.75 Å². The lowest BCUT2D eigenvalue weighted by Gasteiger charge is -2.36. The molecule has 1 aliphatic rings. The van der Waals surface area contributed by atoms with Gasteiger partial charge >= 0.3 is 0 Å². The van der Waals surface area contributed by atoms with Crippen LogP contribution < -0.4 is 4.43 Å². The molecule has 12 heteroatoms. The average Bonchev–Trinajstić information content (AvgIpc) is 3.52. The Morgan fingerprint density at radius 2 is 1.95 bits per heavy atom. The lowest BCUT2D eigenvalue weighted by atomic mass is 10.1. The van der Waals surface area contributed by atoms with Crippen molar-refractivity contribution in [2.45, 2.75) is 90.2 Å². The standard InChI is InChI=1S/C29H46N4O6SSi/c1-22(14-18-36-15-10-17-38-40(5,34)35)32-21-23(20-30-32)28-25-19-24(39-41(6,7)29(2,3)4)12-13-26(25)33(31-28)27-11-8-9-16-37-27/h12-13,19-22,27H,8-11,14-18H2,1-7H3/t22-,27?/m0/s1. The number of hydrogen-bond donors (Lipinski definition) is 0. The molecule has 1 saturated heterocycles. The summed E-state index contributed by atoms with van der Waals surface area (Å²) in [5, 5.41) is 10.9. The zero-order valence-electron chi connectivity index (χ0n) is 25.6. The fraction of sp³-hybridized carbons (Fsp3) is 0.655. The first-order valence-corrected chi connectivity index (χ1v) is 19.3. The van der Waals surface area contributed by atoms with E-state index in [2.05, 4.69) is 64.1 Å². The molecule has 3 heterocycles. The molecule has 1 unspecified atom stereocenters. The van der Waals surface area contributed by atoms with E-state index in [1.54, 1.807) is 0 Å². The van der Waals surface area contributed by atoms with Gasteiger partial charge in [-0.2, -0.15) is 18.6 Å². The van der Waals surface area contributed by atoms with Gasteiger partial charge in [-0.05, 0) is 75.4 Å². The maximum atomic E-state index is 11.0. The predicted molar refractivity (Wildman–Crippen MR) is 163 cm³/mol. The highest BCUT2D eigenvalue weighted by Gasteiger charge is 2.39. The number of rotatable bonds is 13. The molecule has 0 saturated carbocycles. The van der Waals surface area contributed by atoms with E-state index in [4.69, 9.17) is 23.2 Å². The van der Waals surface area contributed by atoms with E-state index in [0.717, 1.165) is 66.5 Å². The summed E-state index contributed by atoms with van der Waals surface area (Å²) in [7, 11) is -5.42. The van der Waals surface area contributed by atoms with Crippen molar-refractivity contribution in [2.75, 3.05) is 32.7 Å². The van der Waals surface area contributed by atoms with E-state index in [9.17, 15) is 8.42 Å². The van der Waals surface area contributed by atoms with Gasteiger partial charge in [-0.25, -0.2) is 4.68 Å². The predicted octanol–water partition coefficient (Wildman–Crippen LogP) is 6.32. The zero-order valence-corrected chi connectivity index (χ0v) is 27.4. The maximum Gasteiger partial charge on any atom is 0.264 e. The highest BCUT2D eigenvalue weighted by molar-refractivity contribution is 7.85. The third-order valence-corrected chi connectivity index (χ3v) is 13.0. The van der Waals surface area contributed by atoms with Crippen molar-refractivity contribution >= 4 is 29.3 Å². The van der Waals surface area contributed by atoms with Crippen molar-refractivity contribution in [3.05, 3.63) is 30.6 Å². The first-order chi connectivity index (χ1) is 19.2. The second-order valence-electron chi connectivity index (χ2n) is 12.5. The van der Waals surface area contributed by atoms with Crippen LogP contribution in [0.15, 0.2) is 30.6 Å². The summed E-state index contributed by atoms with van der Waals surface area (Å²) in [5.41, 5.74) is 2.85. The van der Waals surface area contributed by atoms with Gasteiger partial charge in [0, 0.05) is 37.0 Å². The third kappa shape index (κ3) is 8.19. The van der Waals surface area contributed by atoms with Crippen LogP contribution in [0.25, 0.3) is 22.2 Å². The van der Waals surface area contributed by atoms with Gasteiger partial charge in [-0.3, -0.25) is 8.86 Å². The van der Waals surface area contributed by atoms with Crippen LogP contribution in [-0.2, 0) is 23.8 Å². The molecule has 0 bridgehead atoms. The minimum atomic E-state index is -3.41. The fourth-order valence-corrected chi connectivity index (χ4v) is 5.98. The number of hydrogen-bond acceptors (Lipinski definition) is 8. The van der Waals surface area contributed by atoms with Gasteiger partial charge in [0.25, 0.3) is 10.1 Å². The highest BCUT2D eigenvalue weighted by Crippen LogP contribution is 2.40. The quantitative estimate of drug-likeness (QED) is 0.126. The molecular formula is C29H46N4O6SSi. The van der Waals surface area contributed by atoms with Crippen LogP contribution in [-0.4, -0.2) is 69.0 Å². The van der Waals surface area contributed by atoms with Crippen molar-refractivity contribution < 1.29 is 26.5 Å². The van der Waals surface area contributed by atoms with Crippen molar-refractivity contribution in [3.8, 4) is 17.0 Å². The summed E-state index contributed by atoms with van der Waals surface area (Å²) in [6, 6.07) is 6.41. The molecule has 1 aliphatic heterocycles. The first kappa shape index (κ1) is 31.7. The smallest absolute Gasteiger partial charge is 0.264 e. The van der Waals surface area contributed by atoms with Crippen molar-refractivity contribution in [3.63, 3.8) is 0 Å². The number of ether oxygens (including phenoxy) is 2. The molecule has 0 radical (unpaired) electrons. The van der Waals surface area contributed by atoms with Gasteiger partial charge in [-0.1, -0.05) is 20.8 Å². The van der Waals surface area contributed by atoms with Gasteiger partial charge in [-0.15, -0.1) is 0 Å². The van der Waals surface area contributed by atoms with E-state index in [-0.39, 0.29) is 23.9 Å². The van der Waals surface area contributed by atoms with Crippen LogP contribution in [0.2, 0.25) is 18.1 Å². The van der Waals surface area contributed by atoms with E-state index in [1.807, 2.05) is 21.8 Å². The fourth-order valence-electron chi connectivity index (χ4n) is 4.54. The number of fused-ring (bicyclic) bond motifs is 1. The van der Waals surface area contributed by atoms with E-state index >= 15 is 0 Å². The van der Waals surface area contributed by atoms with Crippen LogP contribution in [0.4, 0.5) is 0 Å². The minimum Gasteiger partial charge on any atom is -0.543 e. The molecule has 0 amide bonds. The van der Waals surface area contributed by atoms with Crippen molar-refractivity contribution in [1.29, 1.82) is 0 Å². The maximum absolute atomic E-state index is 11.0. The topological polar surface area (TPSA) is 107 Å². The second kappa shape index (κ2) is 12.9. The Morgan fingerprint density at radius 1 is 1.17 bits per heavy atom. The van der Waals surface area contributed by atoms with Crippen LogP contribution in [0.1, 0.15) is 72.1 Å². The Morgan fingerprint density at radius 3 is 2.63 bits per heavy atom. The molecule has 0 N–H and O–H groups in total. The molecule has 1 fully saturated rings. The lowest BCUT2D eigenvalue weighted by molar-refractivity contribution is -0.0365. The molecular weight excluding hydrogens is 560 g/mol. The van der Waals surface area contributed by atoms with Gasteiger partial charge in [0.2, 0.25) is 8.32 Å². The minimum absolute atomic E-state index is 0.0823. The summed E-state index contributed by atoms with van der Waals surface area (Å²) in [4.78, 5) is 0. The molecule has 41 heavy (non-hydrogen) atoms. The summed E-state index contributed by atoms with van der Waals surface area (Å²) in [5.74, 6) is 0.870. The molecule has 0 aliphatic carbocycles. The number of benzene rings is 1. The normalized spacial score (nSPS) is 17.7. The van der Waals surface area contributed by atoms with Gasteiger partial charge in [0.1, 0.15) is 11.4 Å². The second-order valence-corrected chi connectivity index (χ2v) is 18.9. The Bertz CT molecular complexity index is 1410. The Balaban J connectivity index is 1.51. The van der Waals surface area contributed by atoms with Crippen molar-refractivity contribution in [2.24, 2.45) is 0 Å². The van der Waals surface area contributed by atoms with Crippen LogP contribution in [0, 0.1) is 0 Å². The van der Waals surface area contributed by atoms with Gasteiger partial charge < -0.3 is 13.9 Å². The molecule has 1 aromatic carbocycles. The largest absolute Gasteiger partial charge is 0.543 e. The lowest BCUT2D eigenvalue weighted by Crippen LogP contribution is -2.43.